The van der Waals surface area contributed by atoms with E-state index in [9.17, 15) is 0 Å². The van der Waals surface area contributed by atoms with Crippen LogP contribution < -0.4 is 5.73 Å². The average Bonchev–Trinajstić information content (AvgIpc) is 2.48. The molecule has 0 aromatic heterocycles. The monoisotopic (exact) mass is 287 g/mol. The maximum Gasteiger partial charge on any atom is 0.0686 e. The highest BCUT2D eigenvalue weighted by molar-refractivity contribution is 5.28. The number of nitrogens with two attached hydrogens (primary N) is 1. The highest BCUT2D eigenvalue weighted by atomic mass is 16.5. The summed E-state index contributed by atoms with van der Waals surface area (Å²) in [6.07, 6.45) is 8.68. The fraction of sp³-hybridized carbons (Fsp3) is 0.684. The van der Waals surface area contributed by atoms with Gasteiger partial charge in [0.2, 0.25) is 0 Å². The highest BCUT2D eigenvalue weighted by Crippen LogP contribution is 2.45. The third-order valence-electron chi connectivity index (χ3n) is 5.78. The first kappa shape index (κ1) is 15.1. The first-order valence-electron chi connectivity index (χ1n) is 8.52. The summed E-state index contributed by atoms with van der Waals surface area (Å²) in [5, 5.41) is 0. The van der Waals surface area contributed by atoms with Gasteiger partial charge in [0.25, 0.3) is 0 Å². The van der Waals surface area contributed by atoms with Crippen LogP contribution in [0.5, 0.6) is 0 Å². The van der Waals surface area contributed by atoms with E-state index >= 15 is 0 Å². The average molecular weight is 287 g/mol. The summed E-state index contributed by atoms with van der Waals surface area (Å²) in [6, 6.07) is 8.77. The molecule has 1 aliphatic heterocycles. The second-order valence-electron chi connectivity index (χ2n) is 7.43. The van der Waals surface area contributed by atoms with Crippen molar-refractivity contribution in [1.29, 1.82) is 0 Å². The Morgan fingerprint density at radius 1 is 1.14 bits per heavy atom. The molecular formula is C19H29NO. The summed E-state index contributed by atoms with van der Waals surface area (Å²) in [5.74, 6) is 0.520. The van der Waals surface area contributed by atoms with Crippen molar-refractivity contribution in [3.8, 4) is 0 Å². The zero-order valence-electron chi connectivity index (χ0n) is 13.5. The Morgan fingerprint density at radius 2 is 1.81 bits per heavy atom. The van der Waals surface area contributed by atoms with Gasteiger partial charge in [-0.05, 0) is 51.0 Å². The molecule has 1 spiro atoms. The van der Waals surface area contributed by atoms with Crippen molar-refractivity contribution >= 4 is 0 Å². The molecule has 0 amide bonds. The lowest BCUT2D eigenvalue weighted by Gasteiger charge is -2.48. The fourth-order valence-electron chi connectivity index (χ4n) is 4.23. The second-order valence-corrected chi connectivity index (χ2v) is 7.43. The van der Waals surface area contributed by atoms with E-state index < -0.39 is 0 Å². The van der Waals surface area contributed by atoms with E-state index in [1.165, 1.54) is 43.2 Å². The lowest BCUT2D eigenvalue weighted by Crippen LogP contribution is -2.50. The number of aryl methyl sites for hydroxylation is 1. The third-order valence-corrected chi connectivity index (χ3v) is 5.78. The van der Waals surface area contributed by atoms with E-state index in [1.807, 2.05) is 0 Å². The van der Waals surface area contributed by atoms with E-state index in [1.54, 1.807) is 0 Å². The van der Waals surface area contributed by atoms with E-state index in [0.717, 1.165) is 19.4 Å². The van der Waals surface area contributed by atoms with Crippen molar-refractivity contribution in [2.45, 2.75) is 69.9 Å². The molecule has 116 valence electrons. The van der Waals surface area contributed by atoms with Crippen molar-refractivity contribution in [2.75, 3.05) is 6.61 Å². The Hall–Kier alpha value is -0.860. The maximum absolute atomic E-state index is 6.80. The van der Waals surface area contributed by atoms with Gasteiger partial charge in [0, 0.05) is 12.1 Å². The smallest absolute Gasteiger partial charge is 0.0686 e. The van der Waals surface area contributed by atoms with Crippen LogP contribution in [0.1, 0.15) is 63.0 Å². The number of hydrogen-bond acceptors (Lipinski definition) is 2. The van der Waals surface area contributed by atoms with Gasteiger partial charge in [-0.15, -0.1) is 0 Å². The Morgan fingerprint density at radius 3 is 2.48 bits per heavy atom. The molecule has 1 aliphatic carbocycles. The standard InChI is InChI=1S/C19H29NO/c1-15-6-8-16(9-7-15)18(2,20)17-10-13-21-19(14-17)11-4-3-5-12-19/h6-9,17H,3-5,10-14,20H2,1-2H3. The van der Waals surface area contributed by atoms with Gasteiger partial charge in [-0.1, -0.05) is 49.1 Å². The molecule has 21 heavy (non-hydrogen) atoms. The molecule has 2 atom stereocenters. The number of rotatable bonds is 2. The zero-order valence-corrected chi connectivity index (χ0v) is 13.5. The van der Waals surface area contributed by atoms with Crippen LogP contribution in [0.15, 0.2) is 24.3 Å². The van der Waals surface area contributed by atoms with Crippen LogP contribution >= 0.6 is 0 Å². The normalized spacial score (nSPS) is 28.2. The minimum absolute atomic E-state index is 0.131. The van der Waals surface area contributed by atoms with Crippen LogP contribution in [-0.2, 0) is 10.3 Å². The van der Waals surface area contributed by atoms with Crippen LogP contribution in [0, 0.1) is 12.8 Å². The lowest BCUT2D eigenvalue weighted by molar-refractivity contribution is -0.127. The zero-order chi connectivity index (χ0) is 14.9. The van der Waals surface area contributed by atoms with Crippen LogP contribution in [0.3, 0.4) is 0 Å². The van der Waals surface area contributed by atoms with Crippen molar-refractivity contribution in [3.63, 3.8) is 0 Å². The second kappa shape index (κ2) is 5.73. The summed E-state index contributed by atoms with van der Waals surface area (Å²) in [5.41, 5.74) is 9.25. The molecule has 2 N–H and O–H groups in total. The van der Waals surface area contributed by atoms with E-state index in [2.05, 4.69) is 38.1 Å². The summed E-state index contributed by atoms with van der Waals surface area (Å²) in [4.78, 5) is 0. The third kappa shape index (κ3) is 3.02. The van der Waals surface area contributed by atoms with Crippen molar-refractivity contribution in [1.82, 2.24) is 0 Å². The molecule has 2 heteroatoms. The predicted molar refractivity (Wildman–Crippen MR) is 87.2 cm³/mol. The Kier molecular flexibility index (Phi) is 4.11. The summed E-state index contributed by atoms with van der Waals surface area (Å²) >= 11 is 0. The molecule has 2 aliphatic rings. The van der Waals surface area contributed by atoms with Crippen LogP contribution in [0.4, 0.5) is 0 Å². The molecule has 3 rings (SSSR count). The Bertz CT molecular complexity index is 465. The molecule has 0 bridgehead atoms. The molecule has 0 radical (unpaired) electrons. The van der Waals surface area contributed by atoms with E-state index in [0.29, 0.717) is 5.92 Å². The van der Waals surface area contributed by atoms with Crippen LogP contribution in [0.25, 0.3) is 0 Å². The molecule has 1 saturated heterocycles. The highest BCUT2D eigenvalue weighted by Gasteiger charge is 2.44. The topological polar surface area (TPSA) is 35.2 Å². The summed E-state index contributed by atoms with van der Waals surface area (Å²) in [6.45, 7) is 5.22. The van der Waals surface area contributed by atoms with Crippen molar-refractivity contribution in [3.05, 3.63) is 35.4 Å². The lowest BCUT2D eigenvalue weighted by atomic mass is 9.68. The van der Waals surface area contributed by atoms with Crippen molar-refractivity contribution in [2.24, 2.45) is 11.7 Å². The maximum atomic E-state index is 6.80. The van der Waals surface area contributed by atoms with Gasteiger partial charge in [-0.3, -0.25) is 0 Å². The first-order valence-corrected chi connectivity index (χ1v) is 8.52. The summed E-state index contributed by atoms with van der Waals surface area (Å²) < 4.78 is 6.23. The predicted octanol–water partition coefficient (Wildman–Crippen LogP) is 4.30. The number of benzene rings is 1. The quantitative estimate of drug-likeness (QED) is 0.880. The first-order chi connectivity index (χ1) is 10.0. The number of ether oxygens (including phenoxy) is 1. The van der Waals surface area contributed by atoms with Gasteiger partial charge in [0.15, 0.2) is 0 Å². The SMILES string of the molecule is Cc1ccc(C(C)(N)C2CCOC3(CCCCC3)C2)cc1. The van der Waals surface area contributed by atoms with Gasteiger partial charge in [-0.2, -0.15) is 0 Å². The minimum atomic E-state index is -0.248. The molecule has 1 aromatic rings. The molecule has 2 fully saturated rings. The largest absolute Gasteiger partial charge is 0.375 e. The van der Waals surface area contributed by atoms with Gasteiger partial charge in [0.05, 0.1) is 5.60 Å². The van der Waals surface area contributed by atoms with Gasteiger partial charge in [0.1, 0.15) is 0 Å². The summed E-state index contributed by atoms with van der Waals surface area (Å²) in [7, 11) is 0. The molecule has 1 heterocycles. The molecule has 1 aromatic carbocycles. The fourth-order valence-corrected chi connectivity index (χ4v) is 4.23. The molecule has 2 nitrogen and oxygen atoms in total. The van der Waals surface area contributed by atoms with Crippen LogP contribution in [-0.4, -0.2) is 12.2 Å². The van der Waals surface area contributed by atoms with Gasteiger partial charge in [-0.25, -0.2) is 0 Å². The Labute approximate surface area is 129 Å². The van der Waals surface area contributed by atoms with E-state index in [4.69, 9.17) is 10.5 Å². The molecule has 1 saturated carbocycles. The van der Waals surface area contributed by atoms with Crippen molar-refractivity contribution < 1.29 is 4.74 Å². The van der Waals surface area contributed by atoms with E-state index in [-0.39, 0.29) is 11.1 Å². The Balaban J connectivity index is 1.79. The molecular weight excluding hydrogens is 258 g/mol. The van der Waals surface area contributed by atoms with Gasteiger partial charge >= 0.3 is 0 Å². The van der Waals surface area contributed by atoms with Crippen LogP contribution in [0.2, 0.25) is 0 Å². The number of hydrogen-bond donors (Lipinski definition) is 1. The minimum Gasteiger partial charge on any atom is -0.375 e. The van der Waals surface area contributed by atoms with Gasteiger partial charge < -0.3 is 10.5 Å². The molecule has 2 unspecified atom stereocenters.